The second-order valence-corrected chi connectivity index (χ2v) is 4.56. The van der Waals surface area contributed by atoms with E-state index in [0.717, 1.165) is 38.4 Å². The van der Waals surface area contributed by atoms with Gasteiger partial charge < -0.3 is 4.90 Å². The zero-order valence-corrected chi connectivity index (χ0v) is 11.0. The van der Waals surface area contributed by atoms with Crippen molar-refractivity contribution in [2.75, 3.05) is 33.4 Å². The molecule has 1 heterocycles. The number of rotatable bonds is 4. The van der Waals surface area contributed by atoms with Crippen LogP contribution in [0.1, 0.15) is 27.2 Å². The summed E-state index contributed by atoms with van der Waals surface area (Å²) < 4.78 is 0. The highest BCUT2D eigenvalue weighted by molar-refractivity contribution is 5.88. The first-order chi connectivity index (χ1) is 7.63. The molecule has 1 rings (SSSR count). The van der Waals surface area contributed by atoms with Crippen molar-refractivity contribution in [1.29, 1.82) is 0 Å². The van der Waals surface area contributed by atoms with Crippen LogP contribution in [0.2, 0.25) is 0 Å². The average Bonchev–Trinajstić information content (AvgIpc) is 2.28. The molecule has 1 aliphatic rings. The summed E-state index contributed by atoms with van der Waals surface area (Å²) in [5, 5.41) is 0. The van der Waals surface area contributed by atoms with Crippen LogP contribution >= 0.6 is 0 Å². The van der Waals surface area contributed by atoms with Crippen LogP contribution in [0.5, 0.6) is 0 Å². The molecule has 1 fully saturated rings. The summed E-state index contributed by atoms with van der Waals surface area (Å²) in [6.45, 7) is 10.5. The Hall–Kier alpha value is -0.740. The Morgan fingerprint density at radius 1 is 1.44 bits per heavy atom. The molecule has 16 heavy (non-hydrogen) atoms. The van der Waals surface area contributed by atoms with Crippen molar-refractivity contribution in [2.45, 2.75) is 33.2 Å². The summed E-state index contributed by atoms with van der Waals surface area (Å²) in [5.74, 6) is 0. The van der Waals surface area contributed by atoms with E-state index < -0.39 is 0 Å². The van der Waals surface area contributed by atoms with Gasteiger partial charge in [0, 0.05) is 31.4 Å². The predicted octanol–water partition coefficient (Wildman–Crippen LogP) is 1.48. The first-order valence-electron chi connectivity index (χ1n) is 6.07. The van der Waals surface area contributed by atoms with Crippen molar-refractivity contribution in [3.05, 3.63) is 0 Å². The van der Waals surface area contributed by atoms with E-state index in [-0.39, 0.29) is 0 Å². The number of hydrogen-bond acceptors (Lipinski definition) is 3. The first-order valence-corrected chi connectivity index (χ1v) is 6.07. The number of likely N-dealkylation sites (N-methyl/N-ethyl adjacent to an activating group) is 1. The SMILES string of the molecule is CCC(C)=NC=NCN1CCN(C)[C@@H](C)C1. The largest absolute Gasteiger partial charge is 0.301 e. The maximum Gasteiger partial charge on any atom is 0.111 e. The summed E-state index contributed by atoms with van der Waals surface area (Å²) in [6.07, 6.45) is 2.69. The molecule has 0 aromatic heterocycles. The summed E-state index contributed by atoms with van der Waals surface area (Å²) in [7, 11) is 2.18. The van der Waals surface area contributed by atoms with E-state index >= 15 is 0 Å². The topological polar surface area (TPSA) is 31.2 Å². The molecule has 0 bridgehead atoms. The van der Waals surface area contributed by atoms with Crippen molar-refractivity contribution in [3.8, 4) is 0 Å². The van der Waals surface area contributed by atoms with Crippen LogP contribution < -0.4 is 0 Å². The van der Waals surface area contributed by atoms with E-state index in [0.29, 0.717) is 6.04 Å². The van der Waals surface area contributed by atoms with E-state index in [1.165, 1.54) is 0 Å². The molecule has 4 heteroatoms. The third-order valence-electron chi connectivity index (χ3n) is 3.20. The Labute approximate surface area is 99.1 Å². The quantitative estimate of drug-likeness (QED) is 0.535. The molecule has 0 amide bonds. The van der Waals surface area contributed by atoms with Gasteiger partial charge in [-0.1, -0.05) is 6.92 Å². The van der Waals surface area contributed by atoms with E-state index in [1.54, 1.807) is 6.34 Å². The van der Waals surface area contributed by atoms with Crippen molar-refractivity contribution in [2.24, 2.45) is 9.98 Å². The highest BCUT2D eigenvalue weighted by Crippen LogP contribution is 2.06. The Morgan fingerprint density at radius 2 is 2.19 bits per heavy atom. The normalized spacial score (nSPS) is 25.5. The molecule has 0 radical (unpaired) electrons. The average molecular weight is 224 g/mol. The maximum atomic E-state index is 4.34. The van der Waals surface area contributed by atoms with Gasteiger partial charge in [0.05, 0.1) is 6.67 Å². The lowest BCUT2D eigenvalue weighted by Gasteiger charge is -2.36. The molecule has 4 nitrogen and oxygen atoms in total. The fraction of sp³-hybridized carbons (Fsp3) is 0.833. The smallest absolute Gasteiger partial charge is 0.111 e. The fourth-order valence-corrected chi connectivity index (χ4v) is 1.63. The summed E-state index contributed by atoms with van der Waals surface area (Å²) in [6, 6.07) is 0.629. The van der Waals surface area contributed by atoms with Gasteiger partial charge in [0.2, 0.25) is 0 Å². The molecule has 0 aromatic rings. The van der Waals surface area contributed by atoms with Gasteiger partial charge in [0.15, 0.2) is 0 Å². The van der Waals surface area contributed by atoms with Crippen molar-refractivity contribution >= 4 is 12.1 Å². The molecule has 1 atom stereocenters. The van der Waals surface area contributed by atoms with Crippen LogP contribution in [0.15, 0.2) is 9.98 Å². The lowest BCUT2D eigenvalue weighted by Crippen LogP contribution is -2.49. The molecule has 0 saturated carbocycles. The first kappa shape index (κ1) is 13.3. The van der Waals surface area contributed by atoms with Gasteiger partial charge in [-0.25, -0.2) is 4.99 Å². The van der Waals surface area contributed by atoms with Gasteiger partial charge in [0.25, 0.3) is 0 Å². The Morgan fingerprint density at radius 3 is 2.81 bits per heavy atom. The minimum atomic E-state index is 0.629. The lowest BCUT2D eigenvalue weighted by atomic mass is 10.2. The summed E-state index contributed by atoms with van der Waals surface area (Å²) in [5.41, 5.74) is 1.13. The predicted molar refractivity (Wildman–Crippen MR) is 70.4 cm³/mol. The van der Waals surface area contributed by atoms with Gasteiger partial charge in [-0.15, -0.1) is 0 Å². The number of piperazine rings is 1. The van der Waals surface area contributed by atoms with E-state index in [1.807, 2.05) is 6.92 Å². The Balaban J connectivity index is 2.28. The van der Waals surface area contributed by atoms with Crippen molar-refractivity contribution in [3.63, 3.8) is 0 Å². The second-order valence-electron chi connectivity index (χ2n) is 4.56. The molecule has 0 N–H and O–H groups in total. The van der Waals surface area contributed by atoms with Crippen LogP contribution in [-0.4, -0.2) is 61.2 Å². The maximum absolute atomic E-state index is 4.34. The standard InChI is InChI=1S/C12H24N4/c1-5-11(2)14-9-13-10-16-7-6-15(4)12(3)8-16/h9,12H,5-8,10H2,1-4H3/t12-/m0/s1. The fourth-order valence-electron chi connectivity index (χ4n) is 1.63. The van der Waals surface area contributed by atoms with E-state index in [4.69, 9.17) is 0 Å². The van der Waals surface area contributed by atoms with E-state index in [2.05, 4.69) is 40.7 Å². The highest BCUT2D eigenvalue weighted by atomic mass is 15.3. The lowest BCUT2D eigenvalue weighted by molar-refractivity contribution is 0.108. The molecule has 0 unspecified atom stereocenters. The van der Waals surface area contributed by atoms with Crippen LogP contribution in [0.4, 0.5) is 0 Å². The minimum absolute atomic E-state index is 0.629. The molecule has 0 spiro atoms. The monoisotopic (exact) mass is 224 g/mol. The van der Waals surface area contributed by atoms with Gasteiger partial charge in [0.1, 0.15) is 6.34 Å². The molecule has 1 saturated heterocycles. The minimum Gasteiger partial charge on any atom is -0.301 e. The summed E-state index contributed by atoms with van der Waals surface area (Å²) >= 11 is 0. The van der Waals surface area contributed by atoms with Gasteiger partial charge >= 0.3 is 0 Å². The number of hydrogen-bond donors (Lipinski definition) is 0. The molecule has 92 valence electrons. The van der Waals surface area contributed by atoms with Crippen LogP contribution in [0, 0.1) is 0 Å². The molecule has 0 aliphatic carbocycles. The highest BCUT2D eigenvalue weighted by Gasteiger charge is 2.19. The van der Waals surface area contributed by atoms with Crippen LogP contribution in [0.3, 0.4) is 0 Å². The number of aliphatic imine (C=N–C) groups is 2. The molecular weight excluding hydrogens is 200 g/mol. The third-order valence-corrected chi connectivity index (χ3v) is 3.20. The van der Waals surface area contributed by atoms with Crippen molar-refractivity contribution < 1.29 is 0 Å². The number of nitrogens with zero attached hydrogens (tertiary/aromatic N) is 4. The van der Waals surface area contributed by atoms with Crippen molar-refractivity contribution in [1.82, 2.24) is 9.80 Å². The van der Waals surface area contributed by atoms with Crippen LogP contribution in [-0.2, 0) is 0 Å². The van der Waals surface area contributed by atoms with Gasteiger partial charge in [-0.3, -0.25) is 9.89 Å². The molecule has 0 aromatic carbocycles. The van der Waals surface area contributed by atoms with Gasteiger partial charge in [-0.05, 0) is 27.3 Å². The second kappa shape index (κ2) is 6.76. The van der Waals surface area contributed by atoms with Gasteiger partial charge in [-0.2, -0.15) is 0 Å². The Kier molecular flexibility index (Phi) is 5.63. The van der Waals surface area contributed by atoms with E-state index in [9.17, 15) is 0 Å². The zero-order chi connectivity index (χ0) is 12.0. The Bertz CT molecular complexity index is 260. The molecular formula is C12H24N4. The zero-order valence-electron chi connectivity index (χ0n) is 11.0. The summed E-state index contributed by atoms with van der Waals surface area (Å²) in [4.78, 5) is 13.3. The molecule has 1 aliphatic heterocycles. The third kappa shape index (κ3) is 4.41. The van der Waals surface area contributed by atoms with Crippen LogP contribution in [0.25, 0.3) is 0 Å².